The molecule has 0 aliphatic rings. The van der Waals surface area contributed by atoms with E-state index in [4.69, 9.17) is 0 Å². The molecule has 0 rings (SSSR count). The highest BCUT2D eigenvalue weighted by atomic mass is 19.4. The summed E-state index contributed by atoms with van der Waals surface area (Å²) in [5, 5.41) is 0.632. The Balaban J connectivity index is 4.56. The summed E-state index contributed by atoms with van der Waals surface area (Å²) in [4.78, 5) is 9.40. The van der Waals surface area contributed by atoms with Crippen molar-refractivity contribution in [1.82, 2.24) is 5.32 Å². The van der Waals surface area contributed by atoms with Crippen molar-refractivity contribution in [3.63, 3.8) is 0 Å². The first-order chi connectivity index (χ1) is 5.19. The summed E-state index contributed by atoms with van der Waals surface area (Å²) in [6.07, 6.45) is -11.7. The molecule has 0 radical (unpaired) electrons. The molecular formula is C4H3F6NO. The van der Waals surface area contributed by atoms with Gasteiger partial charge < -0.3 is 5.32 Å². The zero-order chi connectivity index (χ0) is 9.99. The fourth-order valence-corrected chi connectivity index (χ4v) is 0.443. The Kier molecular flexibility index (Phi) is 2.94. The molecule has 0 aliphatic heterocycles. The Morgan fingerprint density at radius 2 is 1.33 bits per heavy atom. The number of hydrogen-bond donors (Lipinski definition) is 1. The van der Waals surface area contributed by atoms with Gasteiger partial charge in [-0.1, -0.05) is 0 Å². The molecule has 0 aliphatic carbocycles. The maximum absolute atomic E-state index is 11.5. The average Bonchev–Trinajstić information content (AvgIpc) is 1.77. The fraction of sp³-hybridized carbons (Fsp3) is 0.750. The van der Waals surface area contributed by atoms with Crippen LogP contribution in [0, 0.1) is 0 Å². The van der Waals surface area contributed by atoms with Crippen molar-refractivity contribution in [3.05, 3.63) is 0 Å². The first-order valence-corrected chi connectivity index (χ1v) is 2.52. The summed E-state index contributed by atoms with van der Waals surface area (Å²) in [6.45, 7) is 0. The molecule has 0 unspecified atom stereocenters. The van der Waals surface area contributed by atoms with Gasteiger partial charge >= 0.3 is 12.4 Å². The number of halogens is 6. The SMILES string of the molecule is O=CNC(C(F)(F)F)C(F)(F)F. The predicted molar refractivity (Wildman–Crippen MR) is 25.1 cm³/mol. The second-order valence-corrected chi connectivity index (χ2v) is 1.80. The topological polar surface area (TPSA) is 29.1 Å². The van der Waals surface area contributed by atoms with E-state index in [-0.39, 0.29) is 0 Å². The van der Waals surface area contributed by atoms with E-state index in [9.17, 15) is 31.1 Å². The lowest BCUT2D eigenvalue weighted by Crippen LogP contribution is -2.52. The number of alkyl halides is 6. The Bertz CT molecular complexity index is 146. The highest BCUT2D eigenvalue weighted by molar-refractivity contribution is 5.47. The molecule has 0 heterocycles. The summed E-state index contributed by atoms with van der Waals surface area (Å²) < 4.78 is 68.8. The van der Waals surface area contributed by atoms with Gasteiger partial charge in [-0.05, 0) is 0 Å². The highest BCUT2D eigenvalue weighted by Gasteiger charge is 2.56. The molecule has 1 N–H and O–H groups in total. The van der Waals surface area contributed by atoms with Crippen LogP contribution in [0.5, 0.6) is 0 Å². The van der Waals surface area contributed by atoms with Crippen LogP contribution < -0.4 is 5.32 Å². The first-order valence-electron chi connectivity index (χ1n) is 2.52. The number of hydrogen-bond acceptors (Lipinski definition) is 1. The van der Waals surface area contributed by atoms with E-state index in [0.717, 1.165) is 0 Å². The third-order valence-electron chi connectivity index (χ3n) is 0.889. The van der Waals surface area contributed by atoms with Crippen LogP contribution in [0.1, 0.15) is 0 Å². The van der Waals surface area contributed by atoms with E-state index >= 15 is 0 Å². The molecule has 0 bridgehead atoms. The molecule has 0 aromatic carbocycles. The quantitative estimate of drug-likeness (QED) is 0.521. The van der Waals surface area contributed by atoms with Crippen molar-refractivity contribution in [3.8, 4) is 0 Å². The normalized spacial score (nSPS) is 13.2. The fourth-order valence-electron chi connectivity index (χ4n) is 0.443. The maximum atomic E-state index is 11.5. The van der Waals surface area contributed by atoms with Gasteiger partial charge in [-0.25, -0.2) is 0 Å². The summed E-state index contributed by atoms with van der Waals surface area (Å²) in [5.74, 6) is 0. The zero-order valence-corrected chi connectivity index (χ0v) is 5.33. The van der Waals surface area contributed by atoms with Gasteiger partial charge in [-0.15, -0.1) is 0 Å². The number of nitrogens with one attached hydrogen (secondary N) is 1. The molecule has 12 heavy (non-hydrogen) atoms. The maximum Gasteiger partial charge on any atom is 0.417 e. The van der Waals surface area contributed by atoms with E-state index in [1.54, 1.807) is 0 Å². The summed E-state index contributed by atoms with van der Waals surface area (Å²) >= 11 is 0. The molecule has 0 atom stereocenters. The van der Waals surface area contributed by atoms with Gasteiger partial charge in [0.05, 0.1) is 0 Å². The van der Waals surface area contributed by atoms with Crippen molar-refractivity contribution in [2.75, 3.05) is 0 Å². The van der Waals surface area contributed by atoms with Crippen LogP contribution in [0.25, 0.3) is 0 Å². The van der Waals surface area contributed by atoms with Crippen molar-refractivity contribution in [1.29, 1.82) is 0 Å². The van der Waals surface area contributed by atoms with Crippen molar-refractivity contribution < 1.29 is 31.1 Å². The monoisotopic (exact) mass is 195 g/mol. The Hall–Kier alpha value is -0.950. The van der Waals surface area contributed by atoms with Gasteiger partial charge in [0.2, 0.25) is 12.5 Å². The average molecular weight is 195 g/mol. The number of amides is 1. The molecule has 0 spiro atoms. The van der Waals surface area contributed by atoms with Gasteiger partial charge in [0.1, 0.15) is 0 Å². The minimum Gasteiger partial charge on any atom is -0.340 e. The molecule has 0 aromatic rings. The van der Waals surface area contributed by atoms with Crippen LogP contribution in [-0.4, -0.2) is 24.8 Å². The lowest BCUT2D eigenvalue weighted by atomic mass is 10.3. The number of carbonyl (C=O) groups is 1. The summed E-state index contributed by atoms with van der Waals surface area (Å²) in [5.41, 5.74) is 0. The second kappa shape index (κ2) is 3.20. The largest absolute Gasteiger partial charge is 0.417 e. The molecule has 1 amide bonds. The first kappa shape index (κ1) is 11.0. The number of carbonyl (C=O) groups excluding carboxylic acids is 1. The van der Waals surface area contributed by atoms with Crippen LogP contribution in [0.4, 0.5) is 26.3 Å². The zero-order valence-electron chi connectivity index (χ0n) is 5.33. The van der Waals surface area contributed by atoms with E-state index in [2.05, 4.69) is 0 Å². The molecule has 0 saturated carbocycles. The van der Waals surface area contributed by atoms with Crippen molar-refractivity contribution in [2.45, 2.75) is 18.4 Å². The third kappa shape index (κ3) is 2.97. The molecular weight excluding hydrogens is 192 g/mol. The highest BCUT2D eigenvalue weighted by Crippen LogP contribution is 2.32. The van der Waals surface area contributed by atoms with Gasteiger partial charge in [-0.3, -0.25) is 4.79 Å². The number of rotatable bonds is 2. The smallest absolute Gasteiger partial charge is 0.340 e. The lowest BCUT2D eigenvalue weighted by molar-refractivity contribution is -0.256. The molecule has 72 valence electrons. The Morgan fingerprint density at radius 3 is 1.42 bits per heavy atom. The standard InChI is InChI=1S/C4H3F6NO/c5-3(6,7)2(11-1-12)4(8,9)10/h1-2H,(H,11,12). The van der Waals surface area contributed by atoms with Crippen LogP contribution in [0.15, 0.2) is 0 Å². The van der Waals surface area contributed by atoms with Crippen molar-refractivity contribution >= 4 is 6.41 Å². The van der Waals surface area contributed by atoms with Crippen LogP contribution >= 0.6 is 0 Å². The molecule has 0 aromatic heterocycles. The Labute approximate surface area is 62.5 Å². The molecule has 8 heteroatoms. The minimum atomic E-state index is -5.51. The van der Waals surface area contributed by atoms with Gasteiger partial charge in [-0.2, -0.15) is 26.3 Å². The van der Waals surface area contributed by atoms with Crippen LogP contribution in [-0.2, 0) is 4.79 Å². The van der Waals surface area contributed by atoms with Gasteiger partial charge in [0.15, 0.2) is 0 Å². The lowest BCUT2D eigenvalue weighted by Gasteiger charge is -2.21. The summed E-state index contributed by atoms with van der Waals surface area (Å²) in [6, 6.07) is -3.79. The third-order valence-corrected chi connectivity index (χ3v) is 0.889. The molecule has 0 fully saturated rings. The van der Waals surface area contributed by atoms with E-state index in [1.165, 1.54) is 0 Å². The molecule has 2 nitrogen and oxygen atoms in total. The van der Waals surface area contributed by atoms with E-state index in [1.807, 2.05) is 0 Å². The summed E-state index contributed by atoms with van der Waals surface area (Å²) in [7, 11) is 0. The van der Waals surface area contributed by atoms with Crippen LogP contribution in [0.2, 0.25) is 0 Å². The van der Waals surface area contributed by atoms with E-state index < -0.39 is 24.8 Å². The predicted octanol–water partition coefficient (Wildman–Crippen LogP) is 1.23. The molecule has 0 saturated heterocycles. The minimum absolute atomic E-state index is 0.632. The van der Waals surface area contributed by atoms with Crippen molar-refractivity contribution in [2.24, 2.45) is 0 Å². The second-order valence-electron chi connectivity index (χ2n) is 1.80. The Morgan fingerprint density at radius 1 is 1.00 bits per heavy atom. The van der Waals surface area contributed by atoms with Gasteiger partial charge in [0.25, 0.3) is 0 Å². The van der Waals surface area contributed by atoms with E-state index in [0.29, 0.717) is 5.32 Å². The van der Waals surface area contributed by atoms with Crippen LogP contribution in [0.3, 0.4) is 0 Å². The van der Waals surface area contributed by atoms with Gasteiger partial charge in [0, 0.05) is 0 Å².